The zero-order valence-electron chi connectivity index (χ0n) is 18.0. The number of halogens is 1. The van der Waals surface area contributed by atoms with E-state index in [0.29, 0.717) is 29.6 Å². The van der Waals surface area contributed by atoms with E-state index in [0.717, 1.165) is 17.0 Å². The molecule has 0 unspecified atom stereocenters. The maximum Gasteiger partial charge on any atom is 0.336 e. The molecule has 0 amide bonds. The molecule has 0 bridgehead atoms. The van der Waals surface area contributed by atoms with Gasteiger partial charge in [0.2, 0.25) is 0 Å². The SMILES string of the molecule is CC(C)(C)Cc1nc2c(Cl)n[nH]c(=O)c2n1Cc1ccc(-c2ccccc2C(=O)O)cc1. The van der Waals surface area contributed by atoms with Crippen LogP contribution in [0.2, 0.25) is 5.15 Å². The van der Waals surface area contributed by atoms with Gasteiger partial charge in [0.15, 0.2) is 5.15 Å². The molecule has 0 saturated heterocycles. The first kappa shape index (κ1) is 21.8. The summed E-state index contributed by atoms with van der Waals surface area (Å²) < 4.78 is 1.88. The molecule has 4 aromatic rings. The Hall–Kier alpha value is -3.45. The van der Waals surface area contributed by atoms with Gasteiger partial charge in [0.25, 0.3) is 5.56 Å². The number of imidazole rings is 1. The van der Waals surface area contributed by atoms with E-state index in [1.165, 1.54) is 0 Å². The molecule has 32 heavy (non-hydrogen) atoms. The Kier molecular flexibility index (Phi) is 5.60. The minimum absolute atomic E-state index is 0.0454. The second kappa shape index (κ2) is 8.24. The Bertz CT molecular complexity index is 1370. The maximum absolute atomic E-state index is 12.6. The lowest BCUT2D eigenvalue weighted by atomic mass is 9.92. The molecule has 2 heterocycles. The summed E-state index contributed by atoms with van der Waals surface area (Å²) in [5.41, 5.74) is 3.06. The van der Waals surface area contributed by atoms with Crippen LogP contribution in [0.1, 0.15) is 42.5 Å². The number of hydrogen-bond donors (Lipinski definition) is 2. The summed E-state index contributed by atoms with van der Waals surface area (Å²) in [4.78, 5) is 28.8. The van der Waals surface area contributed by atoms with Gasteiger partial charge in [-0.05, 0) is 28.2 Å². The van der Waals surface area contributed by atoms with Crippen LogP contribution in [-0.2, 0) is 13.0 Å². The van der Waals surface area contributed by atoms with Crippen molar-refractivity contribution in [2.45, 2.75) is 33.7 Å². The van der Waals surface area contributed by atoms with Crippen LogP contribution in [0, 0.1) is 5.41 Å². The summed E-state index contributed by atoms with van der Waals surface area (Å²) in [6.07, 6.45) is 0.654. The Morgan fingerprint density at radius 1 is 1.12 bits per heavy atom. The van der Waals surface area contributed by atoms with Crippen LogP contribution in [0.15, 0.2) is 53.3 Å². The van der Waals surface area contributed by atoms with Gasteiger partial charge in [-0.3, -0.25) is 4.79 Å². The average Bonchev–Trinajstić information content (AvgIpc) is 3.09. The van der Waals surface area contributed by atoms with Crippen molar-refractivity contribution in [3.8, 4) is 11.1 Å². The molecule has 0 saturated carbocycles. The number of aromatic nitrogens is 4. The predicted molar refractivity (Wildman–Crippen MR) is 124 cm³/mol. The first-order valence-electron chi connectivity index (χ1n) is 10.2. The number of nitrogens with zero attached hydrogens (tertiary/aromatic N) is 3. The highest BCUT2D eigenvalue weighted by atomic mass is 35.5. The molecular formula is C24H23ClN4O3. The van der Waals surface area contributed by atoms with Crippen LogP contribution < -0.4 is 5.56 Å². The molecule has 0 aliphatic rings. The van der Waals surface area contributed by atoms with E-state index in [2.05, 4.69) is 36.0 Å². The molecule has 4 rings (SSSR count). The fraction of sp³-hybridized carbons (Fsp3) is 0.250. The van der Waals surface area contributed by atoms with Gasteiger partial charge in [-0.15, -0.1) is 0 Å². The number of fused-ring (bicyclic) bond motifs is 1. The Balaban J connectivity index is 1.76. The van der Waals surface area contributed by atoms with Gasteiger partial charge >= 0.3 is 5.97 Å². The fourth-order valence-electron chi connectivity index (χ4n) is 3.75. The third kappa shape index (κ3) is 4.29. The molecule has 2 N–H and O–H groups in total. The van der Waals surface area contributed by atoms with Crippen LogP contribution in [0.5, 0.6) is 0 Å². The smallest absolute Gasteiger partial charge is 0.336 e. The van der Waals surface area contributed by atoms with Crippen molar-refractivity contribution in [1.82, 2.24) is 19.7 Å². The third-order valence-corrected chi connectivity index (χ3v) is 5.43. The van der Waals surface area contributed by atoms with Crippen LogP contribution >= 0.6 is 11.6 Å². The van der Waals surface area contributed by atoms with E-state index in [4.69, 9.17) is 11.6 Å². The van der Waals surface area contributed by atoms with Crippen LogP contribution in [0.3, 0.4) is 0 Å². The van der Waals surface area contributed by atoms with E-state index in [-0.39, 0.29) is 21.7 Å². The van der Waals surface area contributed by atoms with Crippen molar-refractivity contribution in [1.29, 1.82) is 0 Å². The lowest BCUT2D eigenvalue weighted by molar-refractivity contribution is 0.0697. The zero-order chi connectivity index (χ0) is 23.0. The average molecular weight is 451 g/mol. The molecule has 0 aliphatic carbocycles. The number of rotatable bonds is 5. The van der Waals surface area contributed by atoms with Crippen molar-refractivity contribution in [3.63, 3.8) is 0 Å². The summed E-state index contributed by atoms with van der Waals surface area (Å²) in [5.74, 6) is -0.209. The minimum atomic E-state index is -0.967. The molecule has 2 aromatic heterocycles. The lowest BCUT2D eigenvalue weighted by Crippen LogP contribution is -2.18. The molecule has 7 nitrogen and oxygen atoms in total. The Morgan fingerprint density at radius 3 is 2.47 bits per heavy atom. The van der Waals surface area contributed by atoms with Gasteiger partial charge in [0.1, 0.15) is 16.9 Å². The second-order valence-corrected chi connectivity index (χ2v) is 9.30. The second-order valence-electron chi connectivity index (χ2n) is 8.94. The maximum atomic E-state index is 12.6. The Morgan fingerprint density at radius 2 is 1.81 bits per heavy atom. The number of carboxylic acids is 1. The van der Waals surface area contributed by atoms with E-state index < -0.39 is 5.97 Å². The quantitative estimate of drug-likeness (QED) is 0.456. The summed E-state index contributed by atoms with van der Waals surface area (Å²) in [6.45, 7) is 6.74. The van der Waals surface area contributed by atoms with Gasteiger partial charge in [-0.1, -0.05) is 74.8 Å². The number of carbonyl (C=O) groups is 1. The van der Waals surface area contributed by atoms with Gasteiger partial charge in [-0.25, -0.2) is 14.9 Å². The largest absolute Gasteiger partial charge is 0.478 e. The van der Waals surface area contributed by atoms with Gasteiger partial charge < -0.3 is 9.67 Å². The molecule has 164 valence electrons. The predicted octanol–water partition coefficient (Wildman–Crippen LogP) is 4.78. The van der Waals surface area contributed by atoms with Crippen LogP contribution in [0.4, 0.5) is 0 Å². The van der Waals surface area contributed by atoms with Crippen molar-refractivity contribution < 1.29 is 9.90 Å². The minimum Gasteiger partial charge on any atom is -0.478 e. The Labute approximate surface area is 189 Å². The van der Waals surface area contributed by atoms with Crippen molar-refractivity contribution in [2.75, 3.05) is 0 Å². The summed E-state index contributed by atoms with van der Waals surface area (Å²) >= 11 is 6.21. The molecule has 8 heteroatoms. The molecule has 0 atom stereocenters. The van der Waals surface area contributed by atoms with Gasteiger partial charge in [-0.2, -0.15) is 5.10 Å². The summed E-state index contributed by atoms with van der Waals surface area (Å²) in [6, 6.07) is 14.5. The first-order valence-corrected chi connectivity index (χ1v) is 10.6. The highest BCUT2D eigenvalue weighted by Gasteiger charge is 2.22. The molecule has 2 aromatic carbocycles. The molecule has 0 spiro atoms. The first-order chi connectivity index (χ1) is 15.1. The number of hydrogen-bond acceptors (Lipinski definition) is 4. The van der Waals surface area contributed by atoms with Crippen molar-refractivity contribution >= 4 is 28.6 Å². The number of benzene rings is 2. The lowest BCUT2D eigenvalue weighted by Gasteiger charge is -2.19. The third-order valence-electron chi connectivity index (χ3n) is 5.16. The molecule has 0 aliphatic heterocycles. The van der Waals surface area contributed by atoms with Crippen LogP contribution in [0.25, 0.3) is 22.2 Å². The topological polar surface area (TPSA) is 101 Å². The number of nitrogens with one attached hydrogen (secondary N) is 1. The van der Waals surface area contributed by atoms with E-state index in [1.54, 1.807) is 18.2 Å². The van der Waals surface area contributed by atoms with Gasteiger partial charge in [0, 0.05) is 13.0 Å². The number of aromatic amines is 1. The number of carboxylic acid groups (broad SMARTS) is 1. The monoisotopic (exact) mass is 450 g/mol. The van der Waals surface area contributed by atoms with Crippen LogP contribution in [-0.4, -0.2) is 30.8 Å². The van der Waals surface area contributed by atoms with Crippen molar-refractivity contribution in [3.05, 3.63) is 81.0 Å². The highest BCUT2D eigenvalue weighted by molar-refractivity contribution is 6.33. The fourth-order valence-corrected chi connectivity index (χ4v) is 3.93. The number of aromatic carboxylic acids is 1. The standard InChI is InChI=1S/C24H23ClN4O3/c1-24(2,3)12-18-26-19-20(22(30)28-27-21(19)25)29(18)13-14-8-10-15(11-9-14)16-6-4-5-7-17(16)23(31)32/h4-11H,12-13H2,1-3H3,(H,28,30)(H,31,32). The zero-order valence-corrected chi connectivity index (χ0v) is 18.8. The van der Waals surface area contributed by atoms with E-state index in [9.17, 15) is 14.7 Å². The van der Waals surface area contributed by atoms with E-state index >= 15 is 0 Å². The van der Waals surface area contributed by atoms with Gasteiger partial charge in [0.05, 0.1) is 5.56 Å². The summed E-state index contributed by atoms with van der Waals surface area (Å²) in [5, 5.41) is 15.9. The normalized spacial score (nSPS) is 11.8. The number of H-pyrrole nitrogens is 1. The molecule has 0 radical (unpaired) electrons. The van der Waals surface area contributed by atoms with E-state index in [1.807, 2.05) is 34.9 Å². The molecular weight excluding hydrogens is 428 g/mol. The highest BCUT2D eigenvalue weighted by Crippen LogP contribution is 2.27. The molecule has 0 fully saturated rings. The summed E-state index contributed by atoms with van der Waals surface area (Å²) in [7, 11) is 0. The van der Waals surface area contributed by atoms with Crippen molar-refractivity contribution in [2.24, 2.45) is 5.41 Å².